The van der Waals surface area contributed by atoms with E-state index in [-0.39, 0.29) is 0 Å². The highest BCUT2D eigenvalue weighted by atomic mass is 15.1. The highest BCUT2D eigenvalue weighted by Gasteiger charge is 2.07. The summed E-state index contributed by atoms with van der Waals surface area (Å²) in [5, 5.41) is 0. The van der Waals surface area contributed by atoms with Crippen LogP contribution in [0.25, 0.3) is 0 Å². The van der Waals surface area contributed by atoms with Crippen LogP contribution in [0.5, 0.6) is 0 Å². The zero-order valence-corrected chi connectivity index (χ0v) is 12.4. The van der Waals surface area contributed by atoms with Crippen LogP contribution >= 0.6 is 0 Å². The van der Waals surface area contributed by atoms with Crippen molar-refractivity contribution in [3.63, 3.8) is 0 Å². The number of hydrogen-bond donors (Lipinski definition) is 1. The average molecular weight is 243 g/mol. The van der Waals surface area contributed by atoms with Gasteiger partial charge >= 0.3 is 0 Å². The number of rotatable bonds is 11. The molecule has 0 radical (unpaired) electrons. The minimum Gasteiger partial charge on any atom is -0.330 e. The highest BCUT2D eigenvalue weighted by Crippen LogP contribution is 2.16. The van der Waals surface area contributed by atoms with E-state index in [2.05, 4.69) is 37.9 Å². The SMILES string of the molecule is CCCC(CCN)CCCN(C)CCN(C)C. The normalized spacial score (nSPS) is 13.6. The Hall–Kier alpha value is -0.120. The monoisotopic (exact) mass is 243 g/mol. The predicted molar refractivity (Wildman–Crippen MR) is 77.4 cm³/mol. The molecule has 0 bridgehead atoms. The van der Waals surface area contributed by atoms with Gasteiger partial charge in [0.15, 0.2) is 0 Å². The van der Waals surface area contributed by atoms with Crippen LogP contribution in [0.15, 0.2) is 0 Å². The number of hydrogen-bond acceptors (Lipinski definition) is 3. The first-order valence-corrected chi connectivity index (χ1v) is 7.13. The first kappa shape index (κ1) is 16.9. The van der Waals surface area contributed by atoms with E-state index in [1.807, 2.05) is 0 Å². The number of likely N-dealkylation sites (N-methyl/N-ethyl adjacent to an activating group) is 2. The summed E-state index contributed by atoms with van der Waals surface area (Å²) in [6.45, 7) is 6.66. The molecule has 0 spiro atoms. The van der Waals surface area contributed by atoms with Gasteiger partial charge < -0.3 is 15.5 Å². The van der Waals surface area contributed by atoms with Gasteiger partial charge in [0.05, 0.1) is 0 Å². The van der Waals surface area contributed by atoms with Crippen LogP contribution in [0, 0.1) is 5.92 Å². The summed E-state index contributed by atoms with van der Waals surface area (Å²) in [6.07, 6.45) is 6.50. The third kappa shape index (κ3) is 10.7. The lowest BCUT2D eigenvalue weighted by atomic mass is 9.94. The summed E-state index contributed by atoms with van der Waals surface area (Å²) in [4.78, 5) is 4.68. The molecule has 17 heavy (non-hydrogen) atoms. The van der Waals surface area contributed by atoms with Crippen molar-refractivity contribution >= 4 is 0 Å². The Morgan fingerprint density at radius 3 is 2.18 bits per heavy atom. The molecule has 0 aromatic carbocycles. The molecule has 3 heteroatoms. The Morgan fingerprint density at radius 2 is 1.65 bits per heavy atom. The fraction of sp³-hybridized carbons (Fsp3) is 1.00. The third-order valence-electron chi connectivity index (χ3n) is 3.35. The summed E-state index contributed by atoms with van der Waals surface area (Å²) in [5.74, 6) is 0.854. The molecule has 0 amide bonds. The molecule has 0 aliphatic carbocycles. The van der Waals surface area contributed by atoms with E-state index >= 15 is 0 Å². The van der Waals surface area contributed by atoms with Gasteiger partial charge in [-0.15, -0.1) is 0 Å². The van der Waals surface area contributed by atoms with Crippen LogP contribution in [0.4, 0.5) is 0 Å². The standard InChI is InChI=1S/C14H33N3/c1-5-7-14(9-10-15)8-6-11-17(4)13-12-16(2)3/h14H,5-13,15H2,1-4H3. The van der Waals surface area contributed by atoms with Crippen molar-refractivity contribution in [2.45, 2.75) is 39.0 Å². The molecule has 0 fully saturated rings. The molecule has 0 aromatic rings. The second kappa shape index (κ2) is 11.0. The first-order chi connectivity index (χ1) is 8.10. The Bertz CT molecular complexity index is 154. The summed E-state index contributed by atoms with van der Waals surface area (Å²) >= 11 is 0. The van der Waals surface area contributed by atoms with Crippen molar-refractivity contribution in [2.24, 2.45) is 11.7 Å². The fourth-order valence-corrected chi connectivity index (χ4v) is 2.21. The summed E-state index contributed by atoms with van der Waals surface area (Å²) in [7, 11) is 6.49. The topological polar surface area (TPSA) is 32.5 Å². The van der Waals surface area contributed by atoms with Crippen LogP contribution < -0.4 is 5.73 Å². The van der Waals surface area contributed by atoms with Crippen molar-refractivity contribution in [3.05, 3.63) is 0 Å². The zero-order valence-electron chi connectivity index (χ0n) is 12.4. The lowest BCUT2D eigenvalue weighted by Crippen LogP contribution is -2.29. The maximum atomic E-state index is 5.66. The molecule has 1 atom stereocenters. The zero-order chi connectivity index (χ0) is 13.1. The first-order valence-electron chi connectivity index (χ1n) is 7.13. The third-order valence-corrected chi connectivity index (χ3v) is 3.35. The number of nitrogens with zero attached hydrogens (tertiary/aromatic N) is 2. The summed E-state index contributed by atoms with van der Waals surface area (Å²) in [6, 6.07) is 0. The highest BCUT2D eigenvalue weighted by molar-refractivity contribution is 4.62. The van der Waals surface area contributed by atoms with Crippen molar-refractivity contribution in [2.75, 3.05) is 47.3 Å². The second-order valence-electron chi connectivity index (χ2n) is 5.48. The molecule has 0 aromatic heterocycles. The molecule has 0 aliphatic heterocycles. The lowest BCUT2D eigenvalue weighted by Gasteiger charge is -2.21. The molecular formula is C14H33N3. The minimum atomic E-state index is 0.848. The van der Waals surface area contributed by atoms with Gasteiger partial charge in [0.2, 0.25) is 0 Å². The van der Waals surface area contributed by atoms with Gasteiger partial charge in [0.25, 0.3) is 0 Å². The van der Waals surface area contributed by atoms with E-state index in [4.69, 9.17) is 5.73 Å². The lowest BCUT2D eigenvalue weighted by molar-refractivity contribution is 0.268. The Morgan fingerprint density at radius 1 is 0.941 bits per heavy atom. The van der Waals surface area contributed by atoms with Crippen molar-refractivity contribution in [3.8, 4) is 0 Å². The molecule has 0 saturated heterocycles. The summed E-state index contributed by atoms with van der Waals surface area (Å²) < 4.78 is 0. The number of nitrogens with two attached hydrogens (primary N) is 1. The van der Waals surface area contributed by atoms with Crippen molar-refractivity contribution < 1.29 is 0 Å². The van der Waals surface area contributed by atoms with Crippen LogP contribution in [0.3, 0.4) is 0 Å². The smallest absolute Gasteiger partial charge is 0.0106 e. The largest absolute Gasteiger partial charge is 0.330 e. The maximum Gasteiger partial charge on any atom is 0.0106 e. The molecule has 0 rings (SSSR count). The fourth-order valence-electron chi connectivity index (χ4n) is 2.21. The van der Waals surface area contributed by atoms with Gasteiger partial charge in [0, 0.05) is 13.1 Å². The van der Waals surface area contributed by atoms with E-state index in [9.17, 15) is 0 Å². The Kier molecular flexibility index (Phi) is 10.9. The van der Waals surface area contributed by atoms with E-state index < -0.39 is 0 Å². The molecule has 0 saturated carbocycles. The molecule has 1 unspecified atom stereocenters. The second-order valence-corrected chi connectivity index (χ2v) is 5.48. The van der Waals surface area contributed by atoms with Gasteiger partial charge in [-0.05, 0) is 59.4 Å². The van der Waals surface area contributed by atoms with Gasteiger partial charge in [-0.1, -0.05) is 19.8 Å². The minimum absolute atomic E-state index is 0.848. The molecule has 0 aliphatic rings. The van der Waals surface area contributed by atoms with E-state index in [0.717, 1.165) is 19.0 Å². The van der Waals surface area contributed by atoms with E-state index in [0.29, 0.717) is 0 Å². The van der Waals surface area contributed by atoms with Gasteiger partial charge in [0.1, 0.15) is 0 Å². The van der Waals surface area contributed by atoms with Crippen LogP contribution in [-0.2, 0) is 0 Å². The summed E-state index contributed by atoms with van der Waals surface area (Å²) in [5.41, 5.74) is 5.66. The van der Waals surface area contributed by atoms with Gasteiger partial charge in [-0.2, -0.15) is 0 Å². The van der Waals surface area contributed by atoms with E-state index in [1.165, 1.54) is 45.2 Å². The van der Waals surface area contributed by atoms with Crippen LogP contribution in [-0.4, -0.2) is 57.1 Å². The van der Waals surface area contributed by atoms with Crippen LogP contribution in [0.1, 0.15) is 39.0 Å². The molecule has 2 N–H and O–H groups in total. The molecule has 0 heterocycles. The quantitative estimate of drug-likeness (QED) is 0.603. The Balaban J connectivity index is 3.57. The molecule has 3 nitrogen and oxygen atoms in total. The predicted octanol–water partition coefficient (Wildman–Crippen LogP) is 2.03. The Labute approximate surface area is 108 Å². The van der Waals surface area contributed by atoms with Crippen LogP contribution in [0.2, 0.25) is 0 Å². The van der Waals surface area contributed by atoms with Gasteiger partial charge in [-0.3, -0.25) is 0 Å². The average Bonchev–Trinajstić information content (AvgIpc) is 2.27. The van der Waals surface area contributed by atoms with E-state index in [1.54, 1.807) is 0 Å². The van der Waals surface area contributed by atoms with Crippen molar-refractivity contribution in [1.29, 1.82) is 0 Å². The molecular weight excluding hydrogens is 210 g/mol. The van der Waals surface area contributed by atoms with Crippen molar-refractivity contribution in [1.82, 2.24) is 9.80 Å². The van der Waals surface area contributed by atoms with Gasteiger partial charge in [-0.25, -0.2) is 0 Å². The molecule has 104 valence electrons. The maximum absolute atomic E-state index is 5.66.